The van der Waals surface area contributed by atoms with Crippen LogP contribution < -0.4 is 10.6 Å². The molecule has 0 aliphatic rings. The molecule has 0 saturated carbocycles. The summed E-state index contributed by atoms with van der Waals surface area (Å²) in [6.45, 7) is 0. The number of thioether (sulfide) groups is 1. The molecule has 182 valence electrons. The van der Waals surface area contributed by atoms with Gasteiger partial charge in [0.2, 0.25) is 5.91 Å². The van der Waals surface area contributed by atoms with Crippen molar-refractivity contribution in [3.8, 4) is 0 Å². The first kappa shape index (κ1) is 25.5. The van der Waals surface area contributed by atoms with E-state index >= 15 is 0 Å². The number of halogens is 2. The van der Waals surface area contributed by atoms with E-state index in [1.54, 1.807) is 23.9 Å². The van der Waals surface area contributed by atoms with Gasteiger partial charge in [-0.25, -0.2) is 4.39 Å². The van der Waals surface area contributed by atoms with Gasteiger partial charge in [0.25, 0.3) is 5.91 Å². The molecule has 0 aliphatic heterocycles. The van der Waals surface area contributed by atoms with Gasteiger partial charge in [-0.3, -0.25) is 9.59 Å². The minimum Gasteiger partial charge on any atom is -0.340 e. The monoisotopic (exact) mass is 518 g/mol. The molecule has 0 fully saturated rings. The molecule has 0 heterocycles. The summed E-state index contributed by atoms with van der Waals surface area (Å²) in [6.07, 6.45) is 0.290. The van der Waals surface area contributed by atoms with Gasteiger partial charge in [-0.15, -0.1) is 11.8 Å². The predicted molar refractivity (Wildman–Crippen MR) is 144 cm³/mol. The molecular formula is C29H24ClFN2O2S. The Morgan fingerprint density at radius 3 is 2.11 bits per heavy atom. The first-order valence-corrected chi connectivity index (χ1v) is 12.7. The highest BCUT2D eigenvalue weighted by molar-refractivity contribution is 7.98. The number of carbonyl (C=O) groups is 2. The molecule has 2 N–H and O–H groups in total. The van der Waals surface area contributed by atoms with Crippen LogP contribution in [-0.2, 0) is 17.0 Å². The van der Waals surface area contributed by atoms with Crippen molar-refractivity contribution in [2.24, 2.45) is 0 Å². The normalized spacial score (nSPS) is 11.5. The van der Waals surface area contributed by atoms with Crippen LogP contribution in [-0.4, -0.2) is 17.9 Å². The fourth-order valence-corrected chi connectivity index (χ4v) is 4.78. The van der Waals surface area contributed by atoms with Crippen LogP contribution in [0.2, 0.25) is 5.02 Å². The SMILES string of the molecule is O=C(N[C@@H](Cc1ccccc1)C(=O)Nc1ccc(SCc2ccccc2)c(Cl)c1)c1ccc(F)cc1. The van der Waals surface area contributed by atoms with Crippen molar-refractivity contribution in [3.05, 3.63) is 131 Å². The summed E-state index contributed by atoms with van der Waals surface area (Å²) in [5.41, 5.74) is 2.88. The third-order valence-electron chi connectivity index (χ3n) is 5.45. The van der Waals surface area contributed by atoms with Crippen LogP contribution in [0.3, 0.4) is 0 Å². The van der Waals surface area contributed by atoms with Crippen molar-refractivity contribution in [3.63, 3.8) is 0 Å². The Bertz CT molecular complexity index is 1320. The Labute approximate surface area is 218 Å². The molecule has 0 radical (unpaired) electrons. The molecule has 4 aromatic carbocycles. The van der Waals surface area contributed by atoms with Crippen LogP contribution in [0, 0.1) is 5.82 Å². The van der Waals surface area contributed by atoms with Crippen LogP contribution >= 0.6 is 23.4 Å². The van der Waals surface area contributed by atoms with Crippen molar-refractivity contribution in [2.45, 2.75) is 23.1 Å². The van der Waals surface area contributed by atoms with E-state index < -0.39 is 17.8 Å². The molecule has 36 heavy (non-hydrogen) atoms. The van der Waals surface area contributed by atoms with E-state index in [0.717, 1.165) is 16.2 Å². The van der Waals surface area contributed by atoms with Crippen molar-refractivity contribution in [1.29, 1.82) is 0 Å². The Kier molecular flexibility index (Phi) is 8.76. The second-order valence-corrected chi connectivity index (χ2v) is 9.56. The highest BCUT2D eigenvalue weighted by atomic mass is 35.5. The number of rotatable bonds is 9. The van der Waals surface area contributed by atoms with E-state index in [4.69, 9.17) is 11.6 Å². The van der Waals surface area contributed by atoms with Crippen LogP contribution in [0.15, 0.2) is 108 Å². The zero-order valence-corrected chi connectivity index (χ0v) is 20.9. The molecule has 0 unspecified atom stereocenters. The van der Waals surface area contributed by atoms with Crippen molar-refractivity contribution >= 4 is 40.9 Å². The summed E-state index contributed by atoms with van der Waals surface area (Å²) in [7, 11) is 0. The van der Waals surface area contributed by atoms with E-state index in [9.17, 15) is 14.0 Å². The summed E-state index contributed by atoms with van der Waals surface area (Å²) in [6, 6.07) is 29.2. The lowest BCUT2D eigenvalue weighted by Gasteiger charge is -2.19. The maximum absolute atomic E-state index is 13.3. The van der Waals surface area contributed by atoms with Gasteiger partial charge in [0.1, 0.15) is 11.9 Å². The number of carbonyl (C=O) groups excluding carboxylic acids is 2. The molecule has 0 spiro atoms. The van der Waals surface area contributed by atoms with E-state index in [1.807, 2.05) is 54.6 Å². The van der Waals surface area contributed by atoms with E-state index in [0.29, 0.717) is 17.1 Å². The van der Waals surface area contributed by atoms with Gasteiger partial charge in [-0.2, -0.15) is 0 Å². The van der Waals surface area contributed by atoms with Gasteiger partial charge in [0.15, 0.2) is 0 Å². The molecule has 7 heteroatoms. The van der Waals surface area contributed by atoms with Gasteiger partial charge in [-0.05, 0) is 53.6 Å². The number of nitrogens with one attached hydrogen (secondary N) is 2. The number of amides is 2. The first-order chi connectivity index (χ1) is 17.5. The topological polar surface area (TPSA) is 58.2 Å². The highest BCUT2D eigenvalue weighted by Crippen LogP contribution is 2.32. The van der Waals surface area contributed by atoms with Crippen molar-refractivity contribution in [2.75, 3.05) is 5.32 Å². The number of hydrogen-bond acceptors (Lipinski definition) is 3. The highest BCUT2D eigenvalue weighted by Gasteiger charge is 2.22. The van der Waals surface area contributed by atoms with Crippen LogP contribution in [0.5, 0.6) is 0 Å². The molecule has 0 aromatic heterocycles. The van der Waals surface area contributed by atoms with E-state index in [1.165, 1.54) is 29.8 Å². The van der Waals surface area contributed by atoms with Crippen LogP contribution in [0.4, 0.5) is 10.1 Å². The molecule has 4 rings (SSSR count). The Morgan fingerprint density at radius 2 is 1.47 bits per heavy atom. The molecule has 0 aliphatic carbocycles. The maximum atomic E-state index is 13.3. The summed E-state index contributed by atoms with van der Waals surface area (Å²) in [5.74, 6) is -0.500. The summed E-state index contributed by atoms with van der Waals surface area (Å²) >= 11 is 8.11. The fraction of sp³-hybridized carbons (Fsp3) is 0.103. The average molecular weight is 519 g/mol. The van der Waals surface area contributed by atoms with Gasteiger partial charge in [0.05, 0.1) is 5.02 Å². The third kappa shape index (κ3) is 7.20. The lowest BCUT2D eigenvalue weighted by atomic mass is 10.0. The Hall–Kier alpha value is -3.61. The van der Waals surface area contributed by atoms with Crippen molar-refractivity contribution in [1.82, 2.24) is 5.32 Å². The number of hydrogen-bond donors (Lipinski definition) is 2. The first-order valence-electron chi connectivity index (χ1n) is 11.4. The molecule has 1 atom stereocenters. The molecule has 4 aromatic rings. The second kappa shape index (κ2) is 12.4. The quantitative estimate of drug-likeness (QED) is 0.241. The summed E-state index contributed by atoms with van der Waals surface area (Å²) in [5, 5.41) is 6.17. The zero-order valence-electron chi connectivity index (χ0n) is 19.3. The van der Waals surface area contributed by atoms with E-state index in [-0.39, 0.29) is 11.5 Å². The van der Waals surface area contributed by atoms with Gasteiger partial charge in [0, 0.05) is 28.3 Å². The van der Waals surface area contributed by atoms with Crippen LogP contribution in [0.25, 0.3) is 0 Å². The average Bonchev–Trinajstić information content (AvgIpc) is 2.89. The lowest BCUT2D eigenvalue weighted by molar-refractivity contribution is -0.118. The number of anilines is 1. The fourth-order valence-electron chi connectivity index (χ4n) is 3.56. The van der Waals surface area contributed by atoms with Gasteiger partial charge in [-0.1, -0.05) is 72.3 Å². The summed E-state index contributed by atoms with van der Waals surface area (Å²) < 4.78 is 13.3. The zero-order chi connectivity index (χ0) is 25.3. The van der Waals surface area contributed by atoms with Gasteiger partial charge >= 0.3 is 0 Å². The molecule has 4 nitrogen and oxygen atoms in total. The third-order valence-corrected chi connectivity index (χ3v) is 7.02. The molecule has 0 saturated heterocycles. The Morgan fingerprint density at radius 1 is 0.833 bits per heavy atom. The Balaban J connectivity index is 1.45. The minimum absolute atomic E-state index is 0.269. The van der Waals surface area contributed by atoms with Gasteiger partial charge < -0.3 is 10.6 Å². The largest absolute Gasteiger partial charge is 0.340 e. The maximum Gasteiger partial charge on any atom is 0.251 e. The second-order valence-electron chi connectivity index (χ2n) is 8.13. The standard InChI is InChI=1S/C29H24ClFN2O2S/c30-25-18-24(15-16-27(25)36-19-21-9-5-2-6-10-21)32-29(35)26(17-20-7-3-1-4-8-20)33-28(34)22-11-13-23(31)14-12-22/h1-16,18,26H,17,19H2,(H,32,35)(H,33,34)/t26-/m0/s1. The predicted octanol–water partition coefficient (Wildman–Crippen LogP) is 6.75. The smallest absolute Gasteiger partial charge is 0.251 e. The molecule has 0 bridgehead atoms. The van der Waals surface area contributed by atoms with Crippen LogP contribution in [0.1, 0.15) is 21.5 Å². The minimum atomic E-state index is -0.851. The number of benzene rings is 4. The lowest BCUT2D eigenvalue weighted by Crippen LogP contribution is -2.45. The van der Waals surface area contributed by atoms with Crippen molar-refractivity contribution < 1.29 is 14.0 Å². The molecular weight excluding hydrogens is 495 g/mol. The molecule has 2 amide bonds. The summed E-state index contributed by atoms with van der Waals surface area (Å²) in [4.78, 5) is 26.9. The van der Waals surface area contributed by atoms with E-state index in [2.05, 4.69) is 22.8 Å².